The Bertz CT molecular complexity index is 321. The molecule has 16 heavy (non-hydrogen) atoms. The molecule has 5 nitrogen and oxygen atoms in total. The molecule has 0 aromatic rings. The summed E-state index contributed by atoms with van der Waals surface area (Å²) in [5, 5.41) is 4.26. The highest BCUT2D eigenvalue weighted by Gasteiger charge is 2.48. The lowest BCUT2D eigenvalue weighted by molar-refractivity contribution is -0.142. The second kappa shape index (κ2) is 5.16. The Kier molecular flexibility index (Phi) is 4.12. The van der Waals surface area contributed by atoms with Gasteiger partial charge in [-0.1, -0.05) is 13.0 Å². The Morgan fingerprint density at radius 3 is 2.31 bits per heavy atom. The van der Waals surface area contributed by atoms with Crippen LogP contribution in [0.15, 0.2) is 12.7 Å². The first-order chi connectivity index (χ1) is 7.56. The number of urea groups is 1. The first-order valence-electron chi connectivity index (χ1n) is 4.92. The number of hydrogen-bond acceptors (Lipinski definition) is 4. The molecule has 0 atom stereocenters. The van der Waals surface area contributed by atoms with Crippen molar-refractivity contribution in [3.05, 3.63) is 12.7 Å². The van der Waals surface area contributed by atoms with Gasteiger partial charge in [0.2, 0.25) is 11.8 Å². The van der Waals surface area contributed by atoms with Gasteiger partial charge >= 0.3 is 6.03 Å². The van der Waals surface area contributed by atoms with Crippen LogP contribution in [0.25, 0.3) is 0 Å². The van der Waals surface area contributed by atoms with Gasteiger partial charge in [-0.25, -0.2) is 4.79 Å². The van der Waals surface area contributed by atoms with Gasteiger partial charge in [-0.2, -0.15) is 11.8 Å². The summed E-state index contributed by atoms with van der Waals surface area (Å²) in [4.78, 5) is 34.4. The van der Waals surface area contributed by atoms with Gasteiger partial charge < -0.3 is 0 Å². The number of barbiturate groups is 1. The normalized spacial score (nSPS) is 18.9. The molecule has 88 valence electrons. The monoisotopic (exact) mass is 242 g/mol. The number of carbonyl (C=O) groups is 3. The highest BCUT2D eigenvalue weighted by molar-refractivity contribution is 7.99. The molecule has 1 fully saturated rings. The SMILES string of the molecule is C=CCSCC1(CC)C(=O)NC(=O)NC1=O. The standard InChI is InChI=1S/C10H14N2O3S/c1-3-5-16-6-10(4-2)7(13)11-9(15)12-8(10)14/h3H,1,4-6H2,2H3,(H2,11,12,13,14,15). The van der Waals surface area contributed by atoms with E-state index in [-0.39, 0.29) is 0 Å². The van der Waals surface area contributed by atoms with Gasteiger partial charge in [0, 0.05) is 11.5 Å². The van der Waals surface area contributed by atoms with Gasteiger partial charge in [0.05, 0.1) is 0 Å². The summed E-state index contributed by atoms with van der Waals surface area (Å²) in [7, 11) is 0. The van der Waals surface area contributed by atoms with Crippen LogP contribution in [0.5, 0.6) is 0 Å². The number of rotatable bonds is 5. The van der Waals surface area contributed by atoms with Crippen LogP contribution in [0.1, 0.15) is 13.3 Å². The largest absolute Gasteiger partial charge is 0.328 e. The summed E-state index contributed by atoms with van der Waals surface area (Å²) < 4.78 is 0. The molecule has 0 aromatic heterocycles. The summed E-state index contributed by atoms with van der Waals surface area (Å²) in [6.07, 6.45) is 2.07. The molecule has 1 saturated heterocycles. The van der Waals surface area contributed by atoms with Crippen LogP contribution >= 0.6 is 11.8 Å². The third-order valence-corrected chi connectivity index (χ3v) is 3.68. The molecule has 1 heterocycles. The van der Waals surface area contributed by atoms with Crippen molar-refractivity contribution in [1.29, 1.82) is 0 Å². The smallest absolute Gasteiger partial charge is 0.277 e. The topological polar surface area (TPSA) is 75.3 Å². The molecular formula is C10H14N2O3S. The fourth-order valence-electron chi connectivity index (χ4n) is 1.45. The van der Waals surface area contributed by atoms with Crippen LogP contribution in [0, 0.1) is 5.41 Å². The van der Waals surface area contributed by atoms with Crippen molar-refractivity contribution >= 4 is 29.6 Å². The van der Waals surface area contributed by atoms with E-state index >= 15 is 0 Å². The summed E-state index contributed by atoms with van der Waals surface area (Å²) in [5.41, 5.74) is -1.14. The van der Waals surface area contributed by atoms with E-state index in [1.807, 2.05) is 0 Å². The van der Waals surface area contributed by atoms with Crippen molar-refractivity contribution in [2.75, 3.05) is 11.5 Å². The molecule has 0 bridgehead atoms. The average molecular weight is 242 g/mol. The molecule has 1 aliphatic heterocycles. The van der Waals surface area contributed by atoms with Crippen molar-refractivity contribution in [2.24, 2.45) is 5.41 Å². The zero-order valence-electron chi connectivity index (χ0n) is 9.04. The van der Waals surface area contributed by atoms with Crippen LogP contribution in [0.3, 0.4) is 0 Å². The first-order valence-corrected chi connectivity index (χ1v) is 6.08. The van der Waals surface area contributed by atoms with Crippen molar-refractivity contribution in [3.63, 3.8) is 0 Å². The van der Waals surface area contributed by atoms with E-state index in [0.717, 1.165) is 0 Å². The van der Waals surface area contributed by atoms with Gasteiger partial charge in [0.25, 0.3) is 0 Å². The van der Waals surface area contributed by atoms with E-state index in [2.05, 4.69) is 17.2 Å². The maximum atomic E-state index is 11.7. The highest BCUT2D eigenvalue weighted by atomic mass is 32.2. The summed E-state index contributed by atoms with van der Waals surface area (Å²) in [6.45, 7) is 5.32. The van der Waals surface area contributed by atoms with Crippen LogP contribution in [-0.2, 0) is 9.59 Å². The number of nitrogens with one attached hydrogen (secondary N) is 2. The number of hydrogen-bond donors (Lipinski definition) is 2. The molecule has 0 unspecified atom stereocenters. The number of thioether (sulfide) groups is 1. The molecule has 0 spiro atoms. The third kappa shape index (κ3) is 2.27. The van der Waals surface area contributed by atoms with Crippen molar-refractivity contribution in [3.8, 4) is 0 Å². The Labute approximate surface area is 98.0 Å². The second-order valence-corrected chi connectivity index (χ2v) is 4.51. The van der Waals surface area contributed by atoms with Crippen molar-refractivity contribution in [2.45, 2.75) is 13.3 Å². The van der Waals surface area contributed by atoms with E-state index < -0.39 is 23.3 Å². The summed E-state index contributed by atoms with van der Waals surface area (Å²) in [5.74, 6) is -0.0166. The van der Waals surface area contributed by atoms with E-state index in [9.17, 15) is 14.4 Å². The fraction of sp³-hybridized carbons (Fsp3) is 0.500. The molecule has 2 N–H and O–H groups in total. The van der Waals surface area contributed by atoms with E-state index in [1.165, 1.54) is 11.8 Å². The van der Waals surface area contributed by atoms with Gasteiger partial charge in [-0.3, -0.25) is 20.2 Å². The number of amides is 4. The van der Waals surface area contributed by atoms with Crippen LogP contribution < -0.4 is 10.6 Å². The Balaban J connectivity index is 2.83. The Morgan fingerprint density at radius 1 is 1.31 bits per heavy atom. The lowest BCUT2D eigenvalue weighted by Gasteiger charge is -2.32. The predicted octanol–water partition coefficient (Wildman–Crippen LogP) is 0.668. The molecule has 1 aliphatic rings. The maximum absolute atomic E-state index is 11.7. The third-order valence-electron chi connectivity index (χ3n) is 2.51. The predicted molar refractivity (Wildman–Crippen MR) is 61.9 cm³/mol. The van der Waals surface area contributed by atoms with Gasteiger partial charge in [0.1, 0.15) is 5.41 Å². The maximum Gasteiger partial charge on any atom is 0.328 e. The minimum atomic E-state index is -1.14. The Hall–Kier alpha value is -1.30. The molecule has 0 aromatic carbocycles. The minimum Gasteiger partial charge on any atom is -0.277 e. The quantitative estimate of drug-likeness (QED) is 0.422. The Morgan fingerprint density at radius 2 is 1.88 bits per heavy atom. The molecule has 0 aliphatic carbocycles. The lowest BCUT2D eigenvalue weighted by atomic mass is 9.84. The molecule has 1 rings (SSSR count). The van der Waals surface area contributed by atoms with E-state index in [4.69, 9.17) is 0 Å². The van der Waals surface area contributed by atoms with Crippen molar-refractivity contribution in [1.82, 2.24) is 10.6 Å². The fourth-order valence-corrected chi connectivity index (χ4v) is 2.55. The summed E-state index contributed by atoms with van der Waals surface area (Å²) >= 11 is 1.44. The van der Waals surface area contributed by atoms with Crippen LogP contribution in [0.4, 0.5) is 4.79 Å². The number of imide groups is 2. The second-order valence-electron chi connectivity index (χ2n) is 3.48. The van der Waals surface area contributed by atoms with Crippen molar-refractivity contribution < 1.29 is 14.4 Å². The highest BCUT2D eigenvalue weighted by Crippen LogP contribution is 2.29. The van der Waals surface area contributed by atoms with Gasteiger partial charge in [-0.15, -0.1) is 6.58 Å². The average Bonchev–Trinajstić information content (AvgIpc) is 2.22. The van der Waals surface area contributed by atoms with Crippen LogP contribution in [-0.4, -0.2) is 29.4 Å². The zero-order chi connectivity index (χ0) is 12.2. The zero-order valence-corrected chi connectivity index (χ0v) is 9.86. The molecule has 6 heteroatoms. The van der Waals surface area contributed by atoms with Gasteiger partial charge in [0.15, 0.2) is 0 Å². The lowest BCUT2D eigenvalue weighted by Crippen LogP contribution is -2.63. The van der Waals surface area contributed by atoms with E-state index in [1.54, 1.807) is 13.0 Å². The molecule has 0 radical (unpaired) electrons. The van der Waals surface area contributed by atoms with Crippen LogP contribution in [0.2, 0.25) is 0 Å². The molecule has 0 saturated carbocycles. The van der Waals surface area contributed by atoms with E-state index in [0.29, 0.717) is 17.9 Å². The summed E-state index contributed by atoms with van der Waals surface area (Å²) in [6, 6.07) is -0.743. The van der Waals surface area contributed by atoms with Gasteiger partial charge in [-0.05, 0) is 6.42 Å². The molecular weight excluding hydrogens is 228 g/mol. The number of carbonyl (C=O) groups excluding carboxylic acids is 3. The molecule has 4 amide bonds. The first kappa shape index (κ1) is 12.8. The minimum absolute atomic E-state index is 0.348.